The number of methoxy groups -OCH3 is 3. The summed E-state index contributed by atoms with van der Waals surface area (Å²) in [7, 11) is 4.72. The number of benzene rings is 3. The maximum Gasteiger partial charge on any atom is 0.308 e. The smallest absolute Gasteiger partial charge is 0.308 e. The fourth-order valence-electron chi connectivity index (χ4n) is 4.84. The lowest BCUT2D eigenvalue weighted by molar-refractivity contribution is -0.190. The van der Waals surface area contributed by atoms with Crippen LogP contribution in [0.3, 0.4) is 0 Å². The van der Waals surface area contributed by atoms with Crippen LogP contribution < -0.4 is 19.1 Å². The Hall–Kier alpha value is -3.75. The normalized spacial score (nSPS) is 16.6. The lowest BCUT2D eigenvalue weighted by Gasteiger charge is -2.26. The van der Waals surface area contributed by atoms with Crippen LogP contribution in [0.2, 0.25) is 5.02 Å². The molecular weight excluding hydrogens is 534 g/mol. The maximum absolute atomic E-state index is 14.1. The van der Waals surface area contributed by atoms with Crippen molar-refractivity contribution in [1.82, 2.24) is 0 Å². The average molecular weight is 568 g/mol. The number of amides is 1. The van der Waals surface area contributed by atoms with Crippen molar-refractivity contribution >= 4 is 29.2 Å². The van der Waals surface area contributed by atoms with E-state index in [0.717, 1.165) is 17.5 Å². The molecule has 2 atom stereocenters. The number of aryl methyl sites for hydroxylation is 1. The fourth-order valence-corrected chi connectivity index (χ4v) is 5.02. The van der Waals surface area contributed by atoms with Gasteiger partial charge in [0.05, 0.1) is 33.6 Å². The number of anilines is 1. The predicted molar refractivity (Wildman–Crippen MR) is 152 cm³/mol. The van der Waals surface area contributed by atoms with Gasteiger partial charge in [0, 0.05) is 34.2 Å². The van der Waals surface area contributed by atoms with Crippen LogP contribution in [-0.4, -0.2) is 39.5 Å². The van der Waals surface area contributed by atoms with Crippen molar-refractivity contribution in [1.29, 1.82) is 0 Å². The lowest BCUT2D eigenvalue weighted by Crippen LogP contribution is -2.41. The largest absolute Gasteiger partial charge is 0.497 e. The fraction of sp³-hybridized carbons (Fsp3) is 0.355. The summed E-state index contributed by atoms with van der Waals surface area (Å²) in [6.07, 6.45) is -0.880. The summed E-state index contributed by atoms with van der Waals surface area (Å²) >= 11 is 6.49. The van der Waals surface area contributed by atoms with Crippen LogP contribution in [0.25, 0.3) is 0 Å². The quantitative estimate of drug-likeness (QED) is 0.268. The molecule has 0 saturated heterocycles. The molecule has 0 bridgehead atoms. The molecule has 9 heteroatoms. The van der Waals surface area contributed by atoms with Crippen molar-refractivity contribution in [3.05, 3.63) is 81.9 Å². The molecule has 0 aliphatic carbocycles. The van der Waals surface area contributed by atoms with Crippen molar-refractivity contribution < 1.29 is 33.3 Å². The summed E-state index contributed by atoms with van der Waals surface area (Å²) in [6, 6.07) is 16.4. The van der Waals surface area contributed by atoms with E-state index in [1.54, 1.807) is 51.7 Å². The molecule has 1 aliphatic rings. The van der Waals surface area contributed by atoms with Crippen LogP contribution in [0.5, 0.6) is 17.2 Å². The van der Waals surface area contributed by atoms with Gasteiger partial charge in [-0.2, -0.15) is 0 Å². The first-order valence-corrected chi connectivity index (χ1v) is 13.5. The number of fused-ring (bicyclic) bond motifs is 1. The molecule has 8 nitrogen and oxygen atoms in total. The molecule has 3 aromatic rings. The van der Waals surface area contributed by atoms with E-state index in [9.17, 15) is 9.59 Å². The van der Waals surface area contributed by atoms with Gasteiger partial charge >= 0.3 is 5.97 Å². The summed E-state index contributed by atoms with van der Waals surface area (Å²) < 4.78 is 28.8. The molecule has 0 saturated carbocycles. The van der Waals surface area contributed by atoms with Crippen molar-refractivity contribution in [2.24, 2.45) is 0 Å². The Bertz CT molecular complexity index is 1380. The Labute approximate surface area is 239 Å². The highest BCUT2D eigenvalue weighted by Crippen LogP contribution is 2.44. The molecular formula is C31H34ClNO7. The molecule has 0 N–H and O–H groups in total. The van der Waals surface area contributed by atoms with E-state index >= 15 is 0 Å². The van der Waals surface area contributed by atoms with E-state index in [2.05, 4.69) is 0 Å². The molecule has 0 unspecified atom stereocenters. The van der Waals surface area contributed by atoms with Gasteiger partial charge in [-0.1, -0.05) is 43.6 Å². The van der Waals surface area contributed by atoms with Crippen LogP contribution in [0.4, 0.5) is 5.69 Å². The zero-order valence-corrected chi connectivity index (χ0v) is 24.1. The Morgan fingerprint density at radius 3 is 2.42 bits per heavy atom. The second kappa shape index (κ2) is 13.1. The van der Waals surface area contributed by atoms with Crippen molar-refractivity contribution in [3.63, 3.8) is 0 Å². The van der Waals surface area contributed by atoms with Gasteiger partial charge in [0.15, 0.2) is 0 Å². The highest BCUT2D eigenvalue weighted by molar-refractivity contribution is 6.30. The van der Waals surface area contributed by atoms with Gasteiger partial charge < -0.3 is 28.6 Å². The Kier molecular flexibility index (Phi) is 9.55. The second-order valence-electron chi connectivity index (χ2n) is 9.29. The summed E-state index contributed by atoms with van der Waals surface area (Å²) in [6.45, 7) is 4.01. The molecule has 0 radical (unpaired) electrons. The van der Waals surface area contributed by atoms with Crippen LogP contribution >= 0.6 is 11.6 Å². The lowest BCUT2D eigenvalue weighted by atomic mass is 9.95. The third-order valence-corrected chi connectivity index (χ3v) is 7.04. The van der Waals surface area contributed by atoms with Crippen LogP contribution in [0.15, 0.2) is 54.6 Å². The number of halogens is 1. The third-order valence-electron chi connectivity index (χ3n) is 6.80. The van der Waals surface area contributed by atoms with Crippen molar-refractivity contribution in [3.8, 4) is 17.2 Å². The van der Waals surface area contributed by atoms with Gasteiger partial charge in [-0.3, -0.25) is 9.59 Å². The Morgan fingerprint density at radius 1 is 0.950 bits per heavy atom. The summed E-state index contributed by atoms with van der Waals surface area (Å²) in [5.41, 5.74) is 3.59. The molecule has 1 amide bonds. The van der Waals surface area contributed by atoms with Gasteiger partial charge in [0.2, 0.25) is 0 Å². The molecule has 1 heterocycles. The summed E-state index contributed by atoms with van der Waals surface area (Å²) in [4.78, 5) is 28.3. The van der Waals surface area contributed by atoms with E-state index in [0.29, 0.717) is 45.5 Å². The van der Waals surface area contributed by atoms with E-state index in [4.69, 9.17) is 35.3 Å². The van der Waals surface area contributed by atoms with Gasteiger partial charge in [-0.25, -0.2) is 0 Å². The number of ether oxygens (including phenoxy) is 5. The zero-order chi connectivity index (χ0) is 28.8. The van der Waals surface area contributed by atoms with Gasteiger partial charge in [-0.15, -0.1) is 0 Å². The molecule has 1 aliphatic heterocycles. The number of hydrogen-bond acceptors (Lipinski definition) is 7. The summed E-state index contributed by atoms with van der Waals surface area (Å²) in [5, 5.41) is 0.466. The first-order valence-electron chi connectivity index (χ1n) is 13.2. The van der Waals surface area contributed by atoms with Crippen LogP contribution in [-0.2, 0) is 32.0 Å². The molecule has 3 aromatic carbocycles. The molecule has 0 spiro atoms. The number of esters is 1. The van der Waals surface area contributed by atoms with Gasteiger partial charge in [0.25, 0.3) is 12.2 Å². The topological polar surface area (TPSA) is 83.5 Å². The molecule has 212 valence electrons. The zero-order valence-electron chi connectivity index (χ0n) is 23.4. The second-order valence-corrected chi connectivity index (χ2v) is 9.72. The van der Waals surface area contributed by atoms with E-state index in [1.807, 2.05) is 38.1 Å². The molecule has 4 rings (SSSR count). The number of nitrogens with zero attached hydrogens (tertiary/aromatic N) is 1. The Balaban J connectivity index is 1.90. The first kappa shape index (κ1) is 29.2. The molecule has 40 heavy (non-hydrogen) atoms. The minimum absolute atomic E-state index is 0.116. The highest BCUT2D eigenvalue weighted by Gasteiger charge is 2.40. The van der Waals surface area contributed by atoms with E-state index in [-0.39, 0.29) is 13.0 Å². The predicted octanol–water partition coefficient (Wildman–Crippen LogP) is 6.25. The first-order chi connectivity index (χ1) is 19.3. The van der Waals surface area contributed by atoms with Gasteiger partial charge in [-0.05, 0) is 48.7 Å². The van der Waals surface area contributed by atoms with E-state index in [1.165, 1.54) is 4.90 Å². The van der Waals surface area contributed by atoms with Crippen molar-refractivity contribution in [2.45, 2.75) is 52.0 Å². The van der Waals surface area contributed by atoms with Gasteiger partial charge in [0.1, 0.15) is 23.4 Å². The molecule has 0 fully saturated rings. The number of rotatable bonds is 10. The number of carbonyl (C=O) groups excluding carboxylic acids is 2. The maximum atomic E-state index is 14.1. The number of carbonyl (C=O) groups is 2. The van der Waals surface area contributed by atoms with Crippen LogP contribution in [0, 0.1) is 0 Å². The number of para-hydroxylation sites is 1. The minimum Gasteiger partial charge on any atom is -0.497 e. The molecule has 0 aromatic heterocycles. The summed E-state index contributed by atoms with van der Waals surface area (Å²) in [5.74, 6) is 0.741. The standard InChI is InChI=1S/C31H34ClNO7/c1-6-9-27(34)39-31-30(35)33(18-20-12-14-22(36-3)17-26(20)37-4)25-15-13-21(32)16-24(25)29(40-31)23-11-8-10-19(7-2)28(23)38-5/h8,10-17,29,31H,6-7,9,18H2,1-5H3/t29-,31+/m0/s1. The van der Waals surface area contributed by atoms with Crippen LogP contribution in [0.1, 0.15) is 55.0 Å². The number of hydrogen-bond donors (Lipinski definition) is 0. The third kappa shape index (κ3) is 6.03. The SMILES string of the molecule is CCCC(=O)O[C@@H]1O[C@@H](c2cccc(CC)c2OC)c2cc(Cl)ccc2N(Cc2ccc(OC)cc2OC)C1=O. The van der Waals surface area contributed by atoms with E-state index < -0.39 is 24.3 Å². The average Bonchev–Trinajstić information content (AvgIpc) is 3.07. The minimum atomic E-state index is -1.51. The Morgan fingerprint density at radius 2 is 1.75 bits per heavy atom. The monoisotopic (exact) mass is 567 g/mol. The van der Waals surface area contributed by atoms with Crippen molar-refractivity contribution in [2.75, 3.05) is 26.2 Å². The highest BCUT2D eigenvalue weighted by atomic mass is 35.5.